The second-order valence-corrected chi connectivity index (χ2v) is 6.28. The fourth-order valence-electron chi connectivity index (χ4n) is 3.31. The van der Waals surface area contributed by atoms with Crippen LogP contribution in [-0.4, -0.2) is 21.8 Å². The fraction of sp³-hybridized carbons (Fsp3) is 0.0455. The number of pyridine rings is 1. The molecule has 1 saturated heterocycles. The van der Waals surface area contributed by atoms with Crippen molar-refractivity contribution in [3.63, 3.8) is 0 Å². The molecule has 28 heavy (non-hydrogen) atoms. The Hall–Kier alpha value is -3.80. The van der Waals surface area contributed by atoms with E-state index in [4.69, 9.17) is 0 Å². The van der Waals surface area contributed by atoms with Gasteiger partial charge in [0.25, 0.3) is 5.78 Å². The maximum Gasteiger partial charge on any atom is 0.301 e. The Morgan fingerprint density at radius 1 is 0.964 bits per heavy atom. The SMILES string of the molecule is O=C1C(=O)N(c2ccccn2)C(c2cccc(F)c2)C1=C(O)c1ccccc1. The number of Topliss-reactive ketones (excluding diaryl/α,β-unsaturated/α-hetero) is 1. The van der Waals surface area contributed by atoms with Crippen molar-refractivity contribution in [3.05, 3.63) is 102 Å². The largest absolute Gasteiger partial charge is 0.507 e. The highest BCUT2D eigenvalue weighted by molar-refractivity contribution is 6.51. The van der Waals surface area contributed by atoms with Gasteiger partial charge in [-0.2, -0.15) is 0 Å². The molecule has 0 bridgehead atoms. The Labute approximate surface area is 160 Å². The van der Waals surface area contributed by atoms with Crippen molar-refractivity contribution in [1.29, 1.82) is 0 Å². The zero-order chi connectivity index (χ0) is 19.7. The molecule has 1 atom stereocenters. The molecule has 1 amide bonds. The minimum atomic E-state index is -0.995. The summed E-state index contributed by atoms with van der Waals surface area (Å²) in [7, 11) is 0. The average Bonchev–Trinajstić information content (AvgIpc) is 3.00. The van der Waals surface area contributed by atoms with Gasteiger partial charge in [0, 0.05) is 11.8 Å². The zero-order valence-electron chi connectivity index (χ0n) is 14.6. The molecule has 1 fully saturated rings. The van der Waals surface area contributed by atoms with Gasteiger partial charge >= 0.3 is 5.91 Å². The first kappa shape index (κ1) is 17.6. The second kappa shape index (κ2) is 7.08. The van der Waals surface area contributed by atoms with Crippen molar-refractivity contribution in [2.24, 2.45) is 0 Å². The standard InChI is InChI=1S/C22H15FN2O3/c23-16-10-6-9-15(13-16)19-18(20(26)14-7-2-1-3-8-14)21(27)22(28)25(19)17-11-4-5-12-24-17/h1-13,19,26H. The first-order chi connectivity index (χ1) is 13.6. The number of rotatable bonds is 3. The lowest BCUT2D eigenvalue weighted by atomic mass is 9.95. The highest BCUT2D eigenvalue weighted by Gasteiger charge is 2.47. The van der Waals surface area contributed by atoms with E-state index in [9.17, 15) is 19.1 Å². The first-order valence-corrected chi connectivity index (χ1v) is 8.61. The van der Waals surface area contributed by atoms with E-state index < -0.39 is 23.5 Å². The molecule has 138 valence electrons. The number of aromatic nitrogens is 1. The van der Waals surface area contributed by atoms with Crippen molar-refractivity contribution in [3.8, 4) is 0 Å². The average molecular weight is 374 g/mol. The molecule has 0 saturated carbocycles. The van der Waals surface area contributed by atoms with E-state index in [1.807, 2.05) is 0 Å². The third kappa shape index (κ3) is 2.95. The summed E-state index contributed by atoms with van der Waals surface area (Å²) < 4.78 is 13.9. The molecule has 5 nitrogen and oxygen atoms in total. The summed E-state index contributed by atoms with van der Waals surface area (Å²) in [6.45, 7) is 0. The molecule has 1 unspecified atom stereocenters. The zero-order valence-corrected chi connectivity index (χ0v) is 14.6. The summed E-state index contributed by atoms with van der Waals surface area (Å²) in [4.78, 5) is 31.0. The van der Waals surface area contributed by atoms with Gasteiger partial charge in [-0.1, -0.05) is 48.5 Å². The molecule has 1 aliphatic rings. The van der Waals surface area contributed by atoms with Gasteiger partial charge in [-0.15, -0.1) is 0 Å². The third-order valence-electron chi connectivity index (χ3n) is 4.55. The van der Waals surface area contributed by atoms with Crippen LogP contribution >= 0.6 is 0 Å². The van der Waals surface area contributed by atoms with Gasteiger partial charge in [-0.05, 0) is 29.8 Å². The van der Waals surface area contributed by atoms with Gasteiger partial charge in [-0.25, -0.2) is 9.37 Å². The van der Waals surface area contributed by atoms with E-state index in [2.05, 4.69) is 4.98 Å². The van der Waals surface area contributed by atoms with E-state index in [-0.39, 0.29) is 17.2 Å². The highest BCUT2D eigenvalue weighted by atomic mass is 19.1. The minimum Gasteiger partial charge on any atom is -0.507 e. The van der Waals surface area contributed by atoms with Gasteiger partial charge in [-0.3, -0.25) is 14.5 Å². The Balaban J connectivity index is 1.96. The number of benzene rings is 2. The van der Waals surface area contributed by atoms with Crippen LogP contribution in [0.3, 0.4) is 0 Å². The Kier molecular flexibility index (Phi) is 4.45. The van der Waals surface area contributed by atoms with E-state index in [1.54, 1.807) is 54.6 Å². The van der Waals surface area contributed by atoms with Crippen LogP contribution in [0.2, 0.25) is 0 Å². The lowest BCUT2D eigenvalue weighted by Crippen LogP contribution is -2.30. The van der Waals surface area contributed by atoms with Crippen molar-refractivity contribution in [1.82, 2.24) is 4.98 Å². The van der Waals surface area contributed by atoms with E-state index >= 15 is 0 Å². The van der Waals surface area contributed by atoms with E-state index in [0.717, 1.165) is 0 Å². The van der Waals surface area contributed by atoms with Crippen LogP contribution < -0.4 is 4.90 Å². The van der Waals surface area contributed by atoms with E-state index in [1.165, 1.54) is 29.3 Å². The highest BCUT2D eigenvalue weighted by Crippen LogP contribution is 2.41. The number of amides is 1. The molecule has 2 aromatic carbocycles. The Bertz CT molecular complexity index is 1080. The van der Waals surface area contributed by atoms with E-state index in [0.29, 0.717) is 11.1 Å². The molecular formula is C22H15FN2O3. The smallest absolute Gasteiger partial charge is 0.301 e. The van der Waals surface area contributed by atoms with Crippen LogP contribution in [0.25, 0.3) is 5.76 Å². The van der Waals surface area contributed by atoms with Crippen LogP contribution in [0, 0.1) is 5.82 Å². The summed E-state index contributed by atoms with van der Waals surface area (Å²) in [5, 5.41) is 10.8. The molecule has 1 aliphatic heterocycles. The molecule has 0 aliphatic carbocycles. The number of hydrogen-bond acceptors (Lipinski definition) is 4. The number of ketones is 1. The van der Waals surface area contributed by atoms with Gasteiger partial charge in [0.1, 0.15) is 17.4 Å². The summed E-state index contributed by atoms with van der Waals surface area (Å²) >= 11 is 0. The maximum atomic E-state index is 13.9. The molecular weight excluding hydrogens is 359 g/mol. The molecule has 2 heterocycles. The molecule has 4 rings (SSSR count). The number of carbonyl (C=O) groups is 2. The molecule has 0 spiro atoms. The lowest BCUT2D eigenvalue weighted by molar-refractivity contribution is -0.132. The third-order valence-corrected chi connectivity index (χ3v) is 4.55. The molecule has 1 N–H and O–H groups in total. The number of aliphatic hydroxyl groups is 1. The number of hydrogen-bond donors (Lipinski definition) is 1. The molecule has 1 aromatic heterocycles. The predicted molar refractivity (Wildman–Crippen MR) is 102 cm³/mol. The fourth-order valence-corrected chi connectivity index (χ4v) is 3.31. The van der Waals surface area contributed by atoms with Crippen molar-refractivity contribution in [2.75, 3.05) is 4.90 Å². The number of aliphatic hydroxyl groups excluding tert-OH is 1. The van der Waals surface area contributed by atoms with Crippen molar-refractivity contribution in [2.45, 2.75) is 6.04 Å². The topological polar surface area (TPSA) is 70.5 Å². The Morgan fingerprint density at radius 2 is 1.71 bits per heavy atom. The minimum absolute atomic E-state index is 0.104. The number of carbonyl (C=O) groups excluding carboxylic acids is 2. The summed E-state index contributed by atoms with van der Waals surface area (Å²) in [5.41, 5.74) is 0.651. The predicted octanol–water partition coefficient (Wildman–Crippen LogP) is 3.85. The first-order valence-electron chi connectivity index (χ1n) is 8.61. The summed E-state index contributed by atoms with van der Waals surface area (Å²) in [6.07, 6.45) is 1.49. The van der Waals surface area contributed by atoms with Gasteiger partial charge < -0.3 is 5.11 Å². The monoisotopic (exact) mass is 374 g/mol. The summed E-state index contributed by atoms with van der Waals surface area (Å²) in [5.74, 6) is -2.26. The number of nitrogens with zero attached hydrogens (tertiary/aromatic N) is 2. The maximum absolute atomic E-state index is 13.9. The van der Waals surface area contributed by atoms with Crippen LogP contribution in [0.5, 0.6) is 0 Å². The molecule has 0 radical (unpaired) electrons. The number of halogens is 1. The van der Waals surface area contributed by atoms with Crippen molar-refractivity contribution >= 4 is 23.3 Å². The van der Waals surface area contributed by atoms with Gasteiger partial charge in [0.2, 0.25) is 0 Å². The quantitative estimate of drug-likeness (QED) is 0.430. The normalized spacial score (nSPS) is 18.5. The van der Waals surface area contributed by atoms with Crippen LogP contribution in [0.4, 0.5) is 10.2 Å². The van der Waals surface area contributed by atoms with Crippen LogP contribution in [-0.2, 0) is 9.59 Å². The van der Waals surface area contributed by atoms with Crippen LogP contribution in [0.1, 0.15) is 17.2 Å². The van der Waals surface area contributed by atoms with Crippen molar-refractivity contribution < 1.29 is 19.1 Å². The second-order valence-electron chi connectivity index (χ2n) is 6.28. The molecule has 6 heteroatoms. The van der Waals surface area contributed by atoms with Crippen LogP contribution in [0.15, 0.2) is 84.6 Å². The van der Waals surface area contributed by atoms with Gasteiger partial charge in [0.05, 0.1) is 11.6 Å². The molecule has 3 aromatic rings. The lowest BCUT2D eigenvalue weighted by Gasteiger charge is -2.24. The number of anilines is 1. The van der Waals surface area contributed by atoms with Gasteiger partial charge in [0.15, 0.2) is 0 Å². The Morgan fingerprint density at radius 3 is 2.39 bits per heavy atom. The summed E-state index contributed by atoms with van der Waals surface area (Å²) in [6, 6.07) is 18.0.